The number of nitro groups is 1. The Morgan fingerprint density at radius 2 is 1.88 bits per heavy atom. The third kappa shape index (κ3) is 3.69. The summed E-state index contributed by atoms with van der Waals surface area (Å²) < 4.78 is 19.1. The van der Waals surface area contributed by atoms with Gasteiger partial charge < -0.3 is 4.42 Å². The largest absolute Gasteiger partial charge is 0.457 e. The van der Waals surface area contributed by atoms with E-state index in [9.17, 15) is 19.3 Å². The molecular formula is C19H12FNO4. The molecule has 0 spiro atoms. The van der Waals surface area contributed by atoms with Crippen LogP contribution in [0.15, 0.2) is 71.2 Å². The smallest absolute Gasteiger partial charge is 0.270 e. The van der Waals surface area contributed by atoms with Gasteiger partial charge in [-0.2, -0.15) is 0 Å². The number of carbonyl (C=O) groups is 1. The maximum Gasteiger partial charge on any atom is 0.270 e. The molecule has 1 aromatic heterocycles. The molecule has 124 valence electrons. The fraction of sp³-hybridized carbons (Fsp3) is 0. The lowest BCUT2D eigenvalue weighted by molar-refractivity contribution is -0.384. The van der Waals surface area contributed by atoms with Gasteiger partial charge in [-0.3, -0.25) is 14.9 Å². The van der Waals surface area contributed by atoms with Crippen molar-refractivity contribution in [3.63, 3.8) is 0 Å². The van der Waals surface area contributed by atoms with Crippen molar-refractivity contribution in [2.24, 2.45) is 0 Å². The van der Waals surface area contributed by atoms with Crippen molar-refractivity contribution in [2.45, 2.75) is 0 Å². The van der Waals surface area contributed by atoms with Gasteiger partial charge >= 0.3 is 0 Å². The number of nitro benzene ring substituents is 1. The molecule has 0 aliphatic rings. The fourth-order valence-electron chi connectivity index (χ4n) is 2.28. The van der Waals surface area contributed by atoms with Gasteiger partial charge in [-0.1, -0.05) is 24.3 Å². The normalized spacial score (nSPS) is 10.9. The van der Waals surface area contributed by atoms with Crippen LogP contribution in [-0.4, -0.2) is 10.7 Å². The van der Waals surface area contributed by atoms with E-state index in [4.69, 9.17) is 4.42 Å². The number of non-ortho nitro benzene ring substituents is 1. The van der Waals surface area contributed by atoms with E-state index in [1.54, 1.807) is 30.3 Å². The number of nitrogens with zero attached hydrogens (tertiary/aromatic N) is 1. The van der Waals surface area contributed by atoms with E-state index < -0.39 is 16.5 Å². The zero-order valence-corrected chi connectivity index (χ0v) is 12.9. The van der Waals surface area contributed by atoms with Crippen LogP contribution in [0, 0.1) is 15.9 Å². The van der Waals surface area contributed by atoms with Gasteiger partial charge in [0.05, 0.1) is 10.5 Å². The molecule has 0 aliphatic carbocycles. The number of allylic oxidation sites excluding steroid dienone is 1. The minimum absolute atomic E-state index is 0.0239. The van der Waals surface area contributed by atoms with Gasteiger partial charge in [0.1, 0.15) is 17.3 Å². The number of furan rings is 1. The Morgan fingerprint density at radius 3 is 2.64 bits per heavy atom. The van der Waals surface area contributed by atoms with Gasteiger partial charge in [-0.15, -0.1) is 0 Å². The van der Waals surface area contributed by atoms with Crippen LogP contribution in [0.3, 0.4) is 0 Å². The Kier molecular flexibility index (Phi) is 4.52. The molecule has 0 N–H and O–H groups in total. The summed E-state index contributed by atoms with van der Waals surface area (Å²) in [4.78, 5) is 22.3. The summed E-state index contributed by atoms with van der Waals surface area (Å²) in [6, 6.07) is 15.0. The summed E-state index contributed by atoms with van der Waals surface area (Å²) in [5.41, 5.74) is 0.485. The Morgan fingerprint density at radius 1 is 1.08 bits per heavy atom. The van der Waals surface area contributed by atoms with Gasteiger partial charge in [-0.25, -0.2) is 4.39 Å². The van der Waals surface area contributed by atoms with Crippen molar-refractivity contribution >= 4 is 17.5 Å². The highest BCUT2D eigenvalue weighted by Gasteiger charge is 2.10. The number of halogens is 1. The van der Waals surface area contributed by atoms with E-state index in [1.807, 2.05) is 0 Å². The predicted molar refractivity (Wildman–Crippen MR) is 90.6 cm³/mol. The molecule has 0 amide bonds. The number of benzene rings is 2. The van der Waals surface area contributed by atoms with Gasteiger partial charge in [0.25, 0.3) is 5.69 Å². The quantitative estimate of drug-likeness (QED) is 0.287. The van der Waals surface area contributed by atoms with Gasteiger partial charge in [0.2, 0.25) is 0 Å². The van der Waals surface area contributed by atoms with Crippen LogP contribution >= 0.6 is 0 Å². The summed E-state index contributed by atoms with van der Waals surface area (Å²) in [6.45, 7) is 0. The molecule has 0 saturated heterocycles. The van der Waals surface area contributed by atoms with Gasteiger partial charge in [0.15, 0.2) is 5.78 Å². The highest BCUT2D eigenvalue weighted by Crippen LogP contribution is 2.26. The molecule has 1 heterocycles. The molecule has 0 radical (unpaired) electrons. The van der Waals surface area contributed by atoms with Gasteiger partial charge in [0, 0.05) is 17.7 Å². The minimum atomic E-state index is -0.589. The lowest BCUT2D eigenvalue weighted by Crippen LogP contribution is -1.97. The van der Waals surface area contributed by atoms with Crippen LogP contribution in [0.4, 0.5) is 10.1 Å². The molecule has 2 aromatic carbocycles. The Labute approximate surface area is 142 Å². The molecule has 0 saturated carbocycles. The van der Waals surface area contributed by atoms with E-state index in [0.29, 0.717) is 17.1 Å². The molecule has 0 fully saturated rings. The maximum absolute atomic E-state index is 13.6. The maximum atomic E-state index is 13.6. The molecule has 0 aliphatic heterocycles. The molecular weight excluding hydrogens is 325 g/mol. The van der Waals surface area contributed by atoms with Gasteiger partial charge in [-0.05, 0) is 36.4 Å². The average Bonchev–Trinajstić information content (AvgIpc) is 3.09. The lowest BCUT2D eigenvalue weighted by Gasteiger charge is -1.97. The Hall–Kier alpha value is -3.54. The number of carbonyl (C=O) groups excluding carboxylic acids is 1. The molecule has 25 heavy (non-hydrogen) atoms. The first-order chi connectivity index (χ1) is 12.0. The molecule has 5 nitrogen and oxygen atoms in total. The van der Waals surface area contributed by atoms with E-state index in [1.165, 1.54) is 42.5 Å². The molecule has 0 bridgehead atoms. The molecule has 0 atom stereocenters. The van der Waals surface area contributed by atoms with Crippen LogP contribution < -0.4 is 0 Å². The summed E-state index contributed by atoms with van der Waals surface area (Å²) in [5, 5.41) is 10.8. The zero-order valence-electron chi connectivity index (χ0n) is 12.9. The first kappa shape index (κ1) is 16.3. The Balaban J connectivity index is 1.80. The highest BCUT2D eigenvalue weighted by atomic mass is 19.1. The number of rotatable bonds is 5. The van der Waals surface area contributed by atoms with Crippen LogP contribution in [-0.2, 0) is 0 Å². The molecule has 6 heteroatoms. The van der Waals surface area contributed by atoms with E-state index >= 15 is 0 Å². The molecule has 3 rings (SSSR count). The SMILES string of the molecule is O=C(/C=C/c1ccc(-c2cccc([N+](=O)[O-])c2)o1)c1ccccc1F. The highest BCUT2D eigenvalue weighted by molar-refractivity contribution is 6.06. The minimum Gasteiger partial charge on any atom is -0.457 e. The van der Waals surface area contributed by atoms with Crippen LogP contribution in [0.5, 0.6) is 0 Å². The van der Waals surface area contributed by atoms with Crippen molar-refractivity contribution < 1.29 is 18.5 Å². The predicted octanol–water partition coefficient (Wildman–Crippen LogP) is 4.89. The topological polar surface area (TPSA) is 73.3 Å². The van der Waals surface area contributed by atoms with Crippen molar-refractivity contribution in [3.05, 3.63) is 94.0 Å². The molecule has 3 aromatic rings. The van der Waals surface area contributed by atoms with Crippen molar-refractivity contribution in [1.82, 2.24) is 0 Å². The third-order valence-corrected chi connectivity index (χ3v) is 3.51. The van der Waals surface area contributed by atoms with E-state index in [0.717, 1.165) is 0 Å². The first-order valence-corrected chi connectivity index (χ1v) is 7.36. The Bertz CT molecular complexity index is 975. The summed E-state index contributed by atoms with van der Waals surface area (Å²) in [6.07, 6.45) is 2.64. The van der Waals surface area contributed by atoms with E-state index in [2.05, 4.69) is 0 Å². The number of hydrogen-bond donors (Lipinski definition) is 0. The van der Waals surface area contributed by atoms with Crippen LogP contribution in [0.1, 0.15) is 16.1 Å². The van der Waals surface area contributed by atoms with E-state index in [-0.39, 0.29) is 11.3 Å². The van der Waals surface area contributed by atoms with Crippen molar-refractivity contribution in [3.8, 4) is 11.3 Å². The third-order valence-electron chi connectivity index (χ3n) is 3.51. The van der Waals surface area contributed by atoms with Crippen LogP contribution in [0.25, 0.3) is 17.4 Å². The zero-order chi connectivity index (χ0) is 17.8. The second-order valence-corrected chi connectivity index (χ2v) is 5.19. The molecule has 0 unspecified atom stereocenters. The first-order valence-electron chi connectivity index (χ1n) is 7.36. The average molecular weight is 337 g/mol. The summed E-state index contributed by atoms with van der Waals surface area (Å²) >= 11 is 0. The standard InChI is InChI=1S/C19H12FNO4/c20-17-7-2-1-6-16(17)18(22)10-8-15-9-11-19(25-15)13-4-3-5-14(12-13)21(23)24/h1-12H/b10-8+. The summed E-state index contributed by atoms with van der Waals surface area (Å²) in [5.74, 6) is -0.256. The van der Waals surface area contributed by atoms with Crippen molar-refractivity contribution in [1.29, 1.82) is 0 Å². The second-order valence-electron chi connectivity index (χ2n) is 5.19. The monoisotopic (exact) mass is 337 g/mol. The lowest BCUT2D eigenvalue weighted by atomic mass is 10.1. The fourth-order valence-corrected chi connectivity index (χ4v) is 2.28. The van der Waals surface area contributed by atoms with Crippen LogP contribution in [0.2, 0.25) is 0 Å². The summed E-state index contributed by atoms with van der Waals surface area (Å²) in [7, 11) is 0. The number of hydrogen-bond acceptors (Lipinski definition) is 4. The van der Waals surface area contributed by atoms with Crippen molar-refractivity contribution in [2.75, 3.05) is 0 Å². The number of ketones is 1. The second kappa shape index (κ2) is 6.92.